The average Bonchev–Trinajstić information content (AvgIpc) is 3.00. The Hall–Kier alpha value is -2.26. The number of aliphatic hydroxyl groups is 1. The Kier molecular flexibility index (Phi) is 6.92. The van der Waals surface area contributed by atoms with Gasteiger partial charge in [-0.1, -0.05) is 29.3 Å². The molecular weight excluding hydrogens is 439 g/mol. The smallest absolute Gasteiger partial charge is 0.237 e. The molecule has 10 heteroatoms. The van der Waals surface area contributed by atoms with Crippen LogP contribution < -0.4 is 16.4 Å². The third-order valence-corrected chi connectivity index (χ3v) is 5.56. The monoisotopic (exact) mass is 457 g/mol. The van der Waals surface area contributed by atoms with Crippen LogP contribution in [0.2, 0.25) is 10.0 Å². The van der Waals surface area contributed by atoms with Gasteiger partial charge in [-0.3, -0.25) is 9.59 Å². The molecule has 3 rings (SSSR count). The van der Waals surface area contributed by atoms with Crippen molar-refractivity contribution in [3.05, 3.63) is 63.1 Å². The minimum atomic E-state index is -1.24. The zero-order valence-corrected chi connectivity index (χ0v) is 17.1. The fraction of sp³-hybridized carbons (Fsp3) is 0.300. The Labute approximate surface area is 181 Å². The molecule has 5 N–H and O–H groups in total. The zero-order chi connectivity index (χ0) is 22.0. The van der Waals surface area contributed by atoms with Gasteiger partial charge in [0.05, 0.1) is 22.0 Å². The second kappa shape index (κ2) is 9.26. The van der Waals surface area contributed by atoms with Crippen molar-refractivity contribution in [2.45, 2.75) is 24.3 Å². The summed E-state index contributed by atoms with van der Waals surface area (Å²) in [6.45, 7) is 0.0581. The van der Waals surface area contributed by atoms with E-state index in [1.54, 1.807) is 0 Å². The van der Waals surface area contributed by atoms with Crippen LogP contribution in [0, 0.1) is 11.6 Å². The first-order valence-electron chi connectivity index (χ1n) is 9.13. The standard InChI is InChI=1S/C20H19Cl2F2N3O3/c21-11-6-9(2-3-13(11)23)16(18(25)20(30)26-4-1-5-28)17-10-7-14(24)12(22)8-15(10)27-19(17)29/h2-3,6-8,16-18,28H,1,4-5,25H2,(H,26,30)(H,27,29)/t16-,17-,18-/m1/s1. The lowest BCUT2D eigenvalue weighted by Gasteiger charge is -2.28. The normalized spacial score (nSPS) is 17.3. The second-order valence-corrected chi connectivity index (χ2v) is 7.73. The molecule has 0 radical (unpaired) electrons. The van der Waals surface area contributed by atoms with Gasteiger partial charge in [0.1, 0.15) is 11.6 Å². The molecule has 2 aromatic carbocycles. The van der Waals surface area contributed by atoms with Crippen molar-refractivity contribution < 1.29 is 23.5 Å². The molecule has 6 nitrogen and oxygen atoms in total. The average molecular weight is 458 g/mol. The van der Waals surface area contributed by atoms with Crippen LogP contribution in [0.15, 0.2) is 30.3 Å². The number of nitrogens with one attached hydrogen (secondary N) is 2. The molecule has 0 saturated carbocycles. The molecule has 1 aliphatic rings. The molecule has 0 spiro atoms. The van der Waals surface area contributed by atoms with Gasteiger partial charge < -0.3 is 21.5 Å². The van der Waals surface area contributed by atoms with Crippen molar-refractivity contribution in [1.29, 1.82) is 0 Å². The van der Waals surface area contributed by atoms with E-state index >= 15 is 0 Å². The Morgan fingerprint density at radius 2 is 1.90 bits per heavy atom. The summed E-state index contributed by atoms with van der Waals surface area (Å²) in [6, 6.07) is 4.94. The van der Waals surface area contributed by atoms with E-state index in [0.29, 0.717) is 17.7 Å². The first-order valence-corrected chi connectivity index (χ1v) is 9.89. The molecule has 1 heterocycles. The van der Waals surface area contributed by atoms with Crippen LogP contribution >= 0.6 is 23.2 Å². The van der Waals surface area contributed by atoms with Gasteiger partial charge in [0.2, 0.25) is 11.8 Å². The summed E-state index contributed by atoms with van der Waals surface area (Å²) in [5.41, 5.74) is 7.15. The number of anilines is 1. The molecule has 160 valence electrons. The molecule has 0 aromatic heterocycles. The largest absolute Gasteiger partial charge is 0.396 e. The first kappa shape index (κ1) is 22.4. The van der Waals surface area contributed by atoms with Crippen molar-refractivity contribution in [2.75, 3.05) is 18.5 Å². The lowest BCUT2D eigenvalue weighted by molar-refractivity contribution is -0.123. The highest BCUT2D eigenvalue weighted by molar-refractivity contribution is 6.31. The van der Waals surface area contributed by atoms with E-state index in [0.717, 1.165) is 12.1 Å². The number of rotatable bonds is 7. The van der Waals surface area contributed by atoms with Gasteiger partial charge >= 0.3 is 0 Å². The summed E-state index contributed by atoms with van der Waals surface area (Å²) < 4.78 is 27.9. The third-order valence-electron chi connectivity index (χ3n) is 4.98. The molecule has 2 amide bonds. The maximum atomic E-state index is 14.1. The number of benzene rings is 2. The SMILES string of the molecule is N[C@@H](C(=O)NCCCO)[C@H](c1ccc(F)c(Cl)c1)[C@@H]1C(=O)Nc2cc(Cl)c(F)cc21. The van der Waals surface area contributed by atoms with Gasteiger partial charge in [0.15, 0.2) is 0 Å². The van der Waals surface area contributed by atoms with Crippen LogP contribution in [-0.2, 0) is 9.59 Å². The van der Waals surface area contributed by atoms with Crippen molar-refractivity contribution in [1.82, 2.24) is 5.32 Å². The maximum absolute atomic E-state index is 14.1. The molecule has 30 heavy (non-hydrogen) atoms. The van der Waals surface area contributed by atoms with E-state index < -0.39 is 41.3 Å². The van der Waals surface area contributed by atoms with Crippen LogP contribution in [0.5, 0.6) is 0 Å². The highest BCUT2D eigenvalue weighted by Crippen LogP contribution is 2.45. The van der Waals surface area contributed by atoms with Crippen molar-refractivity contribution in [3.8, 4) is 0 Å². The number of fused-ring (bicyclic) bond motifs is 1. The van der Waals surface area contributed by atoms with Crippen molar-refractivity contribution >= 4 is 40.7 Å². The van der Waals surface area contributed by atoms with Gasteiger partial charge in [-0.2, -0.15) is 0 Å². The van der Waals surface area contributed by atoms with E-state index in [4.69, 9.17) is 34.0 Å². The maximum Gasteiger partial charge on any atom is 0.237 e. The highest BCUT2D eigenvalue weighted by Gasteiger charge is 2.43. The second-order valence-electron chi connectivity index (χ2n) is 6.91. The summed E-state index contributed by atoms with van der Waals surface area (Å²) in [4.78, 5) is 25.4. The summed E-state index contributed by atoms with van der Waals surface area (Å²) in [5.74, 6) is -4.49. The van der Waals surface area contributed by atoms with Gasteiger partial charge in [-0.15, -0.1) is 0 Å². The van der Waals surface area contributed by atoms with E-state index in [9.17, 15) is 18.4 Å². The molecule has 0 bridgehead atoms. The topological polar surface area (TPSA) is 104 Å². The number of aliphatic hydroxyl groups excluding tert-OH is 1. The molecule has 2 aromatic rings. The molecule has 0 unspecified atom stereocenters. The van der Waals surface area contributed by atoms with E-state index in [1.807, 2.05) is 0 Å². The fourth-order valence-electron chi connectivity index (χ4n) is 3.53. The summed E-state index contributed by atoms with van der Waals surface area (Å²) in [6.07, 6.45) is 0.321. The Morgan fingerprint density at radius 3 is 2.57 bits per heavy atom. The molecule has 3 atom stereocenters. The van der Waals surface area contributed by atoms with Crippen molar-refractivity contribution in [3.63, 3.8) is 0 Å². The Bertz CT molecular complexity index is 990. The minimum Gasteiger partial charge on any atom is -0.396 e. The predicted molar refractivity (Wildman–Crippen MR) is 110 cm³/mol. The van der Waals surface area contributed by atoms with Crippen LogP contribution in [0.3, 0.4) is 0 Å². The highest BCUT2D eigenvalue weighted by atomic mass is 35.5. The Balaban J connectivity index is 2.06. The summed E-state index contributed by atoms with van der Waals surface area (Å²) >= 11 is 11.7. The predicted octanol–water partition coefficient (Wildman–Crippen LogP) is 2.92. The zero-order valence-electron chi connectivity index (χ0n) is 15.6. The van der Waals surface area contributed by atoms with Crippen LogP contribution in [-0.4, -0.2) is 36.1 Å². The van der Waals surface area contributed by atoms with E-state index in [2.05, 4.69) is 10.6 Å². The molecule has 0 fully saturated rings. The number of hydrogen-bond donors (Lipinski definition) is 4. The van der Waals surface area contributed by atoms with Gasteiger partial charge in [0.25, 0.3) is 0 Å². The number of nitrogens with two attached hydrogens (primary N) is 1. The van der Waals surface area contributed by atoms with Crippen LogP contribution in [0.1, 0.15) is 29.4 Å². The van der Waals surface area contributed by atoms with E-state index in [1.165, 1.54) is 18.2 Å². The number of carbonyl (C=O) groups is 2. The number of amides is 2. The summed E-state index contributed by atoms with van der Waals surface area (Å²) in [7, 11) is 0. The van der Waals surface area contributed by atoms with Gasteiger partial charge in [-0.25, -0.2) is 8.78 Å². The number of halogens is 4. The van der Waals surface area contributed by atoms with Crippen LogP contribution in [0.4, 0.5) is 14.5 Å². The van der Waals surface area contributed by atoms with Gasteiger partial charge in [0, 0.05) is 24.8 Å². The van der Waals surface area contributed by atoms with E-state index in [-0.39, 0.29) is 28.8 Å². The van der Waals surface area contributed by atoms with Crippen LogP contribution in [0.25, 0.3) is 0 Å². The first-order chi connectivity index (χ1) is 14.2. The number of hydrogen-bond acceptors (Lipinski definition) is 4. The molecular formula is C20H19Cl2F2N3O3. The lowest BCUT2D eigenvalue weighted by atomic mass is 9.77. The minimum absolute atomic E-state index is 0.120. The number of carbonyl (C=O) groups excluding carboxylic acids is 2. The summed E-state index contributed by atoms with van der Waals surface area (Å²) in [5, 5.41) is 13.7. The van der Waals surface area contributed by atoms with Gasteiger partial charge in [-0.05, 0) is 41.8 Å². The third kappa shape index (κ3) is 4.41. The molecule has 1 aliphatic heterocycles. The van der Waals surface area contributed by atoms with Crippen molar-refractivity contribution in [2.24, 2.45) is 5.73 Å². The Morgan fingerprint density at radius 1 is 1.20 bits per heavy atom. The molecule has 0 aliphatic carbocycles. The molecule has 0 saturated heterocycles. The fourth-order valence-corrected chi connectivity index (χ4v) is 3.89. The lowest BCUT2D eigenvalue weighted by Crippen LogP contribution is -2.47. The quantitative estimate of drug-likeness (QED) is 0.479.